The highest BCUT2D eigenvalue weighted by atomic mass is 127. The summed E-state index contributed by atoms with van der Waals surface area (Å²) in [6, 6.07) is 0. The number of carbonyl (C=O) groups is 1. The summed E-state index contributed by atoms with van der Waals surface area (Å²) in [4.78, 5) is 10.4. The zero-order chi connectivity index (χ0) is 6.41. The second-order valence-electron chi connectivity index (χ2n) is 1.08. The highest BCUT2D eigenvalue weighted by Crippen LogP contribution is 1.69. The van der Waals surface area contributed by atoms with Crippen LogP contribution in [-0.4, -0.2) is 5.91 Å². The predicted molar refractivity (Wildman–Crippen MR) is 40.1 cm³/mol. The van der Waals surface area contributed by atoms with Gasteiger partial charge in [0.15, 0.2) is 0 Å². The van der Waals surface area contributed by atoms with Crippen LogP contribution in [-0.2, 0) is 4.79 Å². The standard InChI is InChI=1S/C4H7IN2O/c1-2-3-4(8)6-7-5/h2-3,7H,1H3,(H,6,8)/b3-2+. The molecule has 0 aliphatic heterocycles. The van der Waals surface area contributed by atoms with E-state index in [9.17, 15) is 4.79 Å². The van der Waals surface area contributed by atoms with Crippen molar-refractivity contribution < 1.29 is 4.79 Å². The first-order valence-corrected chi connectivity index (χ1v) is 3.17. The minimum Gasteiger partial charge on any atom is -0.279 e. The molecule has 3 nitrogen and oxygen atoms in total. The summed E-state index contributed by atoms with van der Waals surface area (Å²) < 4.78 is 2.47. The van der Waals surface area contributed by atoms with E-state index in [2.05, 4.69) is 9.06 Å². The summed E-state index contributed by atoms with van der Waals surface area (Å²) >= 11 is 1.83. The summed E-state index contributed by atoms with van der Waals surface area (Å²) in [5.74, 6) is -0.137. The van der Waals surface area contributed by atoms with E-state index in [4.69, 9.17) is 0 Å². The van der Waals surface area contributed by atoms with Gasteiger partial charge in [-0.25, -0.2) is 0 Å². The average molecular weight is 226 g/mol. The maximum atomic E-state index is 10.4. The number of allylic oxidation sites excluding steroid dienone is 1. The quantitative estimate of drug-likeness (QED) is 0.312. The fraction of sp³-hybridized carbons (Fsp3) is 0.250. The summed E-state index contributed by atoms with van der Waals surface area (Å²) in [5.41, 5.74) is 2.36. The van der Waals surface area contributed by atoms with Crippen LogP contribution in [0.5, 0.6) is 0 Å². The molecule has 0 spiro atoms. The first-order chi connectivity index (χ1) is 3.81. The van der Waals surface area contributed by atoms with E-state index < -0.39 is 0 Å². The van der Waals surface area contributed by atoms with Crippen molar-refractivity contribution in [1.29, 1.82) is 0 Å². The van der Waals surface area contributed by atoms with E-state index >= 15 is 0 Å². The third-order valence-corrected chi connectivity index (χ3v) is 0.758. The Kier molecular flexibility index (Phi) is 4.98. The number of halogens is 1. The number of hydrazine groups is 1. The van der Waals surface area contributed by atoms with Crippen molar-refractivity contribution in [3.8, 4) is 0 Å². The Morgan fingerprint density at radius 2 is 2.38 bits per heavy atom. The van der Waals surface area contributed by atoms with Crippen molar-refractivity contribution in [2.75, 3.05) is 0 Å². The molecular weight excluding hydrogens is 219 g/mol. The van der Waals surface area contributed by atoms with Crippen LogP contribution in [0.2, 0.25) is 0 Å². The lowest BCUT2D eigenvalue weighted by Gasteiger charge is -1.91. The van der Waals surface area contributed by atoms with Crippen LogP contribution in [0, 0.1) is 0 Å². The van der Waals surface area contributed by atoms with Gasteiger partial charge in [0.25, 0.3) is 5.91 Å². The van der Waals surface area contributed by atoms with Crippen LogP contribution in [0.1, 0.15) is 6.92 Å². The Hall–Kier alpha value is -0.100. The van der Waals surface area contributed by atoms with Gasteiger partial charge in [-0.3, -0.25) is 10.2 Å². The number of hydrogen-bond donors (Lipinski definition) is 2. The predicted octanol–water partition coefficient (Wildman–Crippen LogP) is 0.533. The van der Waals surface area contributed by atoms with Crippen molar-refractivity contribution in [3.63, 3.8) is 0 Å². The molecule has 0 fully saturated rings. The lowest BCUT2D eigenvalue weighted by Crippen LogP contribution is -2.28. The maximum absolute atomic E-state index is 10.4. The van der Waals surface area contributed by atoms with Crippen molar-refractivity contribution in [3.05, 3.63) is 12.2 Å². The van der Waals surface area contributed by atoms with E-state index in [1.165, 1.54) is 6.08 Å². The maximum Gasteiger partial charge on any atom is 0.258 e. The summed E-state index contributed by atoms with van der Waals surface area (Å²) in [6.45, 7) is 1.78. The summed E-state index contributed by atoms with van der Waals surface area (Å²) in [7, 11) is 0. The Bertz CT molecular complexity index is 102. The highest BCUT2D eigenvalue weighted by Gasteiger charge is 1.85. The second-order valence-corrected chi connectivity index (χ2v) is 1.62. The summed E-state index contributed by atoms with van der Waals surface area (Å²) in [6.07, 6.45) is 3.11. The first-order valence-electron chi connectivity index (χ1n) is 2.09. The molecule has 0 radical (unpaired) electrons. The molecule has 2 N–H and O–H groups in total. The molecule has 46 valence electrons. The molecule has 0 rings (SSSR count). The molecule has 0 heterocycles. The minimum atomic E-state index is -0.137. The molecule has 0 aromatic rings. The minimum absolute atomic E-state index is 0.137. The van der Waals surface area contributed by atoms with Gasteiger partial charge in [-0.2, -0.15) is 3.64 Å². The normalized spacial score (nSPS) is 9.75. The first kappa shape index (κ1) is 7.90. The topological polar surface area (TPSA) is 41.1 Å². The van der Waals surface area contributed by atoms with Gasteiger partial charge in [0.1, 0.15) is 0 Å². The van der Waals surface area contributed by atoms with E-state index in [0.29, 0.717) is 0 Å². The molecule has 0 saturated heterocycles. The highest BCUT2D eigenvalue weighted by molar-refractivity contribution is 14.1. The SMILES string of the molecule is C/C=C/C(=O)NNI. The van der Waals surface area contributed by atoms with E-state index in [0.717, 1.165) is 0 Å². The van der Waals surface area contributed by atoms with Crippen molar-refractivity contribution in [2.24, 2.45) is 0 Å². The van der Waals surface area contributed by atoms with Gasteiger partial charge in [0.2, 0.25) is 0 Å². The van der Waals surface area contributed by atoms with Gasteiger partial charge >= 0.3 is 0 Å². The lowest BCUT2D eigenvalue weighted by molar-refractivity contribution is -0.116. The molecule has 0 aliphatic rings. The Balaban J connectivity index is 3.33. The van der Waals surface area contributed by atoms with Gasteiger partial charge < -0.3 is 0 Å². The zero-order valence-corrected chi connectivity index (χ0v) is 6.60. The van der Waals surface area contributed by atoms with E-state index in [-0.39, 0.29) is 5.91 Å². The molecule has 1 amide bonds. The second kappa shape index (κ2) is 5.04. The average Bonchev–Trinajstić information content (AvgIpc) is 1.68. The molecule has 0 aliphatic carbocycles. The molecule has 8 heavy (non-hydrogen) atoms. The number of rotatable bonds is 2. The monoisotopic (exact) mass is 226 g/mol. The van der Waals surface area contributed by atoms with Gasteiger partial charge in [0.05, 0.1) is 0 Å². The number of carbonyl (C=O) groups excluding carboxylic acids is 1. The number of amides is 1. The fourth-order valence-corrected chi connectivity index (χ4v) is 0.505. The number of nitrogens with one attached hydrogen (secondary N) is 2. The fourth-order valence-electron chi connectivity index (χ4n) is 0.240. The largest absolute Gasteiger partial charge is 0.279 e. The van der Waals surface area contributed by atoms with Gasteiger partial charge in [-0.1, -0.05) is 6.08 Å². The van der Waals surface area contributed by atoms with Crippen molar-refractivity contribution in [2.45, 2.75) is 6.92 Å². The van der Waals surface area contributed by atoms with Crippen LogP contribution in [0.3, 0.4) is 0 Å². The Morgan fingerprint density at radius 1 is 1.75 bits per heavy atom. The van der Waals surface area contributed by atoms with Crippen molar-refractivity contribution in [1.82, 2.24) is 9.06 Å². The molecule has 0 saturated carbocycles. The van der Waals surface area contributed by atoms with Crippen LogP contribution in [0.4, 0.5) is 0 Å². The van der Waals surface area contributed by atoms with Gasteiger partial charge in [-0.15, -0.1) is 0 Å². The van der Waals surface area contributed by atoms with Crippen LogP contribution in [0.25, 0.3) is 0 Å². The molecule has 0 aromatic carbocycles. The van der Waals surface area contributed by atoms with Crippen molar-refractivity contribution >= 4 is 28.8 Å². The smallest absolute Gasteiger partial charge is 0.258 e. The summed E-state index contributed by atoms with van der Waals surface area (Å²) in [5, 5.41) is 0. The number of hydrogen-bond acceptors (Lipinski definition) is 2. The molecule has 0 unspecified atom stereocenters. The Morgan fingerprint density at radius 3 is 2.75 bits per heavy atom. The van der Waals surface area contributed by atoms with Crippen LogP contribution < -0.4 is 9.06 Å². The third-order valence-electron chi connectivity index (χ3n) is 0.488. The van der Waals surface area contributed by atoms with Crippen LogP contribution in [0.15, 0.2) is 12.2 Å². The van der Waals surface area contributed by atoms with Crippen LogP contribution >= 0.6 is 22.9 Å². The van der Waals surface area contributed by atoms with Gasteiger partial charge in [0, 0.05) is 28.9 Å². The third kappa shape index (κ3) is 4.07. The van der Waals surface area contributed by atoms with E-state index in [1.54, 1.807) is 13.0 Å². The molecule has 0 aromatic heterocycles. The van der Waals surface area contributed by atoms with Gasteiger partial charge in [-0.05, 0) is 6.92 Å². The molecule has 0 atom stereocenters. The molecular formula is C4H7IN2O. The Labute approximate surface area is 62.0 Å². The van der Waals surface area contributed by atoms with E-state index in [1.807, 2.05) is 22.9 Å². The molecule has 4 heteroatoms. The zero-order valence-electron chi connectivity index (χ0n) is 4.44. The molecule has 0 bridgehead atoms. The lowest BCUT2D eigenvalue weighted by atomic mass is 10.5.